The second-order valence-corrected chi connectivity index (χ2v) is 4.14. The number of nitriles is 1. The first kappa shape index (κ1) is 12.2. The van der Waals surface area contributed by atoms with Crippen LogP contribution in [0.15, 0.2) is 28.9 Å². The summed E-state index contributed by atoms with van der Waals surface area (Å²) in [6.45, 7) is 1.98. The van der Waals surface area contributed by atoms with E-state index in [1.165, 1.54) is 0 Å². The fraction of sp³-hybridized carbons (Fsp3) is 0.385. The predicted molar refractivity (Wildman–Crippen MR) is 64.6 cm³/mol. The molecule has 0 aliphatic carbocycles. The van der Waals surface area contributed by atoms with Gasteiger partial charge in [-0.1, -0.05) is 18.1 Å². The Labute approximate surface area is 105 Å². The van der Waals surface area contributed by atoms with Crippen LogP contribution in [0.1, 0.15) is 43.1 Å². The van der Waals surface area contributed by atoms with Crippen molar-refractivity contribution in [3.63, 3.8) is 0 Å². The predicted octanol–water partition coefficient (Wildman–Crippen LogP) is 2.46. The van der Waals surface area contributed by atoms with Gasteiger partial charge in [0.05, 0.1) is 12.5 Å². The van der Waals surface area contributed by atoms with Gasteiger partial charge in [-0.05, 0) is 18.6 Å². The van der Waals surface area contributed by atoms with Crippen molar-refractivity contribution in [2.75, 3.05) is 0 Å². The van der Waals surface area contributed by atoms with Gasteiger partial charge in [-0.2, -0.15) is 10.2 Å². The SMILES string of the molecule is CC(CCC#N)c1nc(Cc2ccccn2)no1. The molecule has 0 saturated carbocycles. The summed E-state index contributed by atoms with van der Waals surface area (Å²) in [6.07, 6.45) is 3.54. The van der Waals surface area contributed by atoms with E-state index in [1.807, 2.05) is 25.1 Å². The Balaban J connectivity index is 2.00. The fourth-order valence-corrected chi connectivity index (χ4v) is 1.61. The van der Waals surface area contributed by atoms with Crippen LogP contribution in [0, 0.1) is 11.3 Å². The summed E-state index contributed by atoms with van der Waals surface area (Å²) in [4.78, 5) is 8.54. The average Bonchev–Trinajstić information content (AvgIpc) is 2.86. The summed E-state index contributed by atoms with van der Waals surface area (Å²) in [6, 6.07) is 7.84. The second kappa shape index (κ2) is 5.92. The average molecular weight is 242 g/mol. The highest BCUT2D eigenvalue weighted by Crippen LogP contribution is 2.18. The van der Waals surface area contributed by atoms with E-state index in [9.17, 15) is 0 Å². The molecule has 0 bridgehead atoms. The van der Waals surface area contributed by atoms with Crippen LogP contribution < -0.4 is 0 Å². The molecule has 2 aromatic heterocycles. The molecule has 5 nitrogen and oxygen atoms in total. The highest BCUT2D eigenvalue weighted by molar-refractivity contribution is 5.09. The first-order valence-electron chi connectivity index (χ1n) is 5.89. The van der Waals surface area contributed by atoms with Crippen LogP contribution in [0.5, 0.6) is 0 Å². The molecular formula is C13H14N4O. The monoisotopic (exact) mass is 242 g/mol. The quantitative estimate of drug-likeness (QED) is 0.805. The number of pyridine rings is 1. The first-order valence-corrected chi connectivity index (χ1v) is 5.89. The van der Waals surface area contributed by atoms with E-state index in [0.717, 1.165) is 12.1 Å². The van der Waals surface area contributed by atoms with Gasteiger partial charge in [0, 0.05) is 24.2 Å². The van der Waals surface area contributed by atoms with Crippen LogP contribution in [-0.2, 0) is 6.42 Å². The summed E-state index contributed by atoms with van der Waals surface area (Å²) in [5, 5.41) is 12.5. The van der Waals surface area contributed by atoms with Gasteiger partial charge in [-0.25, -0.2) is 0 Å². The Morgan fingerprint density at radius 1 is 1.44 bits per heavy atom. The number of nitrogens with zero attached hydrogens (tertiary/aromatic N) is 4. The van der Waals surface area contributed by atoms with E-state index in [-0.39, 0.29) is 5.92 Å². The smallest absolute Gasteiger partial charge is 0.229 e. The Kier molecular flexibility index (Phi) is 4.02. The van der Waals surface area contributed by atoms with Crippen molar-refractivity contribution in [2.24, 2.45) is 0 Å². The molecule has 2 rings (SSSR count). The van der Waals surface area contributed by atoms with E-state index >= 15 is 0 Å². The van der Waals surface area contributed by atoms with Gasteiger partial charge in [0.25, 0.3) is 0 Å². The molecule has 0 N–H and O–H groups in total. The molecule has 0 aromatic carbocycles. The van der Waals surface area contributed by atoms with Crippen LogP contribution >= 0.6 is 0 Å². The maximum Gasteiger partial charge on any atom is 0.229 e. The van der Waals surface area contributed by atoms with Gasteiger partial charge in [0.1, 0.15) is 0 Å². The second-order valence-electron chi connectivity index (χ2n) is 4.14. The first-order chi connectivity index (χ1) is 8.79. The van der Waals surface area contributed by atoms with Crippen molar-refractivity contribution >= 4 is 0 Å². The minimum absolute atomic E-state index is 0.120. The highest BCUT2D eigenvalue weighted by Gasteiger charge is 2.14. The van der Waals surface area contributed by atoms with Crippen molar-refractivity contribution in [3.8, 4) is 6.07 Å². The molecule has 2 aromatic rings. The number of rotatable bonds is 5. The van der Waals surface area contributed by atoms with Crippen LogP contribution in [0.2, 0.25) is 0 Å². The summed E-state index contributed by atoms with van der Waals surface area (Å²) in [5.41, 5.74) is 0.912. The molecule has 0 aliphatic rings. The van der Waals surface area contributed by atoms with Gasteiger partial charge in [0.15, 0.2) is 5.82 Å². The van der Waals surface area contributed by atoms with E-state index in [0.29, 0.717) is 24.6 Å². The molecule has 0 fully saturated rings. The minimum atomic E-state index is 0.120. The zero-order valence-corrected chi connectivity index (χ0v) is 10.2. The third-order valence-electron chi connectivity index (χ3n) is 2.66. The van der Waals surface area contributed by atoms with E-state index in [2.05, 4.69) is 21.2 Å². The lowest BCUT2D eigenvalue weighted by atomic mass is 10.1. The molecule has 0 spiro atoms. The molecule has 5 heteroatoms. The third kappa shape index (κ3) is 3.14. The van der Waals surface area contributed by atoms with E-state index < -0.39 is 0 Å². The normalized spacial score (nSPS) is 12.0. The van der Waals surface area contributed by atoms with Gasteiger partial charge >= 0.3 is 0 Å². The molecule has 0 amide bonds. The lowest BCUT2D eigenvalue weighted by Gasteiger charge is -2.00. The van der Waals surface area contributed by atoms with Crippen LogP contribution in [0.4, 0.5) is 0 Å². The summed E-state index contributed by atoms with van der Waals surface area (Å²) in [7, 11) is 0. The lowest BCUT2D eigenvalue weighted by molar-refractivity contribution is 0.351. The minimum Gasteiger partial charge on any atom is -0.339 e. The fourth-order valence-electron chi connectivity index (χ4n) is 1.61. The van der Waals surface area contributed by atoms with Crippen LogP contribution in [0.25, 0.3) is 0 Å². The van der Waals surface area contributed by atoms with Crippen molar-refractivity contribution < 1.29 is 4.52 Å². The Morgan fingerprint density at radius 3 is 3.06 bits per heavy atom. The van der Waals surface area contributed by atoms with Gasteiger partial charge in [-0.3, -0.25) is 4.98 Å². The lowest BCUT2D eigenvalue weighted by Crippen LogP contribution is -1.96. The van der Waals surface area contributed by atoms with Gasteiger partial charge in [-0.15, -0.1) is 0 Å². The topological polar surface area (TPSA) is 75.6 Å². The van der Waals surface area contributed by atoms with E-state index in [4.69, 9.17) is 9.78 Å². The summed E-state index contributed by atoms with van der Waals surface area (Å²) in [5.74, 6) is 1.35. The molecule has 92 valence electrons. The molecule has 18 heavy (non-hydrogen) atoms. The largest absolute Gasteiger partial charge is 0.339 e. The van der Waals surface area contributed by atoms with Crippen molar-refractivity contribution in [3.05, 3.63) is 41.8 Å². The zero-order valence-electron chi connectivity index (χ0n) is 10.2. The molecule has 2 heterocycles. The molecule has 1 unspecified atom stereocenters. The standard InChI is InChI=1S/C13H14N4O/c1-10(5-4-7-14)13-16-12(17-18-13)9-11-6-2-3-8-15-11/h2-3,6,8,10H,4-5,9H2,1H3. The number of hydrogen-bond acceptors (Lipinski definition) is 5. The Hall–Kier alpha value is -2.22. The van der Waals surface area contributed by atoms with Crippen molar-refractivity contribution in [1.82, 2.24) is 15.1 Å². The Morgan fingerprint density at radius 2 is 2.33 bits per heavy atom. The number of aromatic nitrogens is 3. The highest BCUT2D eigenvalue weighted by atomic mass is 16.5. The van der Waals surface area contributed by atoms with Crippen molar-refractivity contribution in [2.45, 2.75) is 32.1 Å². The van der Waals surface area contributed by atoms with Crippen LogP contribution in [-0.4, -0.2) is 15.1 Å². The summed E-state index contributed by atoms with van der Waals surface area (Å²) < 4.78 is 5.20. The molecule has 1 atom stereocenters. The van der Waals surface area contributed by atoms with Crippen molar-refractivity contribution in [1.29, 1.82) is 5.26 Å². The maximum absolute atomic E-state index is 8.54. The molecule has 0 radical (unpaired) electrons. The Bertz CT molecular complexity index is 529. The number of hydrogen-bond donors (Lipinski definition) is 0. The van der Waals surface area contributed by atoms with Gasteiger partial charge in [0.2, 0.25) is 5.89 Å². The van der Waals surface area contributed by atoms with E-state index in [1.54, 1.807) is 6.20 Å². The molecule has 0 saturated heterocycles. The van der Waals surface area contributed by atoms with Gasteiger partial charge < -0.3 is 4.52 Å². The third-order valence-corrected chi connectivity index (χ3v) is 2.66. The van der Waals surface area contributed by atoms with Crippen LogP contribution in [0.3, 0.4) is 0 Å². The zero-order chi connectivity index (χ0) is 12.8. The summed E-state index contributed by atoms with van der Waals surface area (Å²) >= 11 is 0. The molecule has 0 aliphatic heterocycles. The maximum atomic E-state index is 8.54. The molecular weight excluding hydrogens is 228 g/mol.